The van der Waals surface area contributed by atoms with Crippen molar-refractivity contribution in [3.8, 4) is 5.75 Å². The van der Waals surface area contributed by atoms with Gasteiger partial charge in [0.05, 0.1) is 7.11 Å². The number of methoxy groups -OCH3 is 1. The van der Waals surface area contributed by atoms with Crippen LogP contribution < -0.4 is 14.8 Å². The zero-order valence-electron chi connectivity index (χ0n) is 14.1. The zero-order chi connectivity index (χ0) is 17.7. The SMILES string of the molecule is COc1ccc(CC(C)CN(C)c2ccc(S(N)(=O)=O)cn2)cc1. The van der Waals surface area contributed by atoms with E-state index in [0.29, 0.717) is 11.7 Å². The highest BCUT2D eigenvalue weighted by molar-refractivity contribution is 7.89. The van der Waals surface area contributed by atoms with Crippen LogP contribution in [0.5, 0.6) is 5.75 Å². The lowest BCUT2D eigenvalue weighted by molar-refractivity contribution is 0.414. The monoisotopic (exact) mass is 349 g/mol. The van der Waals surface area contributed by atoms with Crippen LogP contribution in [0.4, 0.5) is 5.82 Å². The standard InChI is InChI=1S/C17H23N3O3S/c1-13(10-14-4-6-15(23-3)7-5-14)12-20(2)17-9-8-16(11-19-17)24(18,21)22/h4-9,11,13H,10,12H2,1-3H3,(H2,18,21,22). The van der Waals surface area contributed by atoms with E-state index in [4.69, 9.17) is 9.88 Å². The Kier molecular flexibility index (Phi) is 5.80. The van der Waals surface area contributed by atoms with Gasteiger partial charge in [-0.1, -0.05) is 19.1 Å². The minimum atomic E-state index is -3.71. The molecule has 0 fully saturated rings. The molecule has 0 aliphatic carbocycles. The summed E-state index contributed by atoms with van der Waals surface area (Å²) in [6.07, 6.45) is 2.22. The second kappa shape index (κ2) is 7.63. The number of aromatic nitrogens is 1. The van der Waals surface area contributed by atoms with Crippen molar-refractivity contribution in [3.63, 3.8) is 0 Å². The lowest BCUT2D eigenvalue weighted by Crippen LogP contribution is -2.26. The molecule has 0 amide bonds. The molecule has 2 N–H and O–H groups in total. The summed E-state index contributed by atoms with van der Waals surface area (Å²) in [7, 11) is -0.119. The predicted molar refractivity (Wildman–Crippen MR) is 94.7 cm³/mol. The Balaban J connectivity index is 1.96. The molecule has 0 bridgehead atoms. The van der Waals surface area contributed by atoms with Crippen LogP contribution >= 0.6 is 0 Å². The van der Waals surface area contributed by atoms with Gasteiger partial charge in [-0.2, -0.15) is 0 Å². The van der Waals surface area contributed by atoms with Crippen LogP contribution in [0.3, 0.4) is 0 Å². The van der Waals surface area contributed by atoms with Crippen molar-refractivity contribution in [3.05, 3.63) is 48.2 Å². The zero-order valence-corrected chi connectivity index (χ0v) is 15.0. The molecule has 2 rings (SSSR count). The van der Waals surface area contributed by atoms with Gasteiger partial charge >= 0.3 is 0 Å². The normalized spacial score (nSPS) is 12.7. The highest BCUT2D eigenvalue weighted by Crippen LogP contribution is 2.17. The van der Waals surface area contributed by atoms with E-state index in [-0.39, 0.29) is 4.90 Å². The number of primary sulfonamides is 1. The van der Waals surface area contributed by atoms with E-state index in [2.05, 4.69) is 24.0 Å². The Morgan fingerprint density at radius 3 is 2.38 bits per heavy atom. The molecule has 24 heavy (non-hydrogen) atoms. The number of rotatable bonds is 7. The Bertz CT molecular complexity index is 759. The Morgan fingerprint density at radius 2 is 1.88 bits per heavy atom. The number of nitrogens with two attached hydrogens (primary N) is 1. The van der Waals surface area contributed by atoms with Crippen molar-refractivity contribution < 1.29 is 13.2 Å². The lowest BCUT2D eigenvalue weighted by Gasteiger charge is -2.22. The maximum Gasteiger partial charge on any atom is 0.239 e. The maximum atomic E-state index is 11.3. The van der Waals surface area contributed by atoms with Gasteiger partial charge in [-0.05, 0) is 42.2 Å². The average Bonchev–Trinajstić information content (AvgIpc) is 2.54. The summed E-state index contributed by atoms with van der Waals surface area (Å²) in [6, 6.07) is 11.2. The second-order valence-electron chi connectivity index (χ2n) is 5.94. The average molecular weight is 349 g/mol. The molecule has 130 valence electrons. The second-order valence-corrected chi connectivity index (χ2v) is 7.50. The van der Waals surface area contributed by atoms with Gasteiger partial charge in [-0.25, -0.2) is 18.5 Å². The number of pyridine rings is 1. The van der Waals surface area contributed by atoms with Gasteiger partial charge in [0, 0.05) is 19.8 Å². The molecule has 0 aliphatic heterocycles. The molecular formula is C17H23N3O3S. The van der Waals surface area contributed by atoms with Crippen molar-refractivity contribution in [2.24, 2.45) is 11.1 Å². The fourth-order valence-corrected chi connectivity index (χ4v) is 3.01. The van der Waals surface area contributed by atoms with Crippen LogP contribution in [-0.4, -0.2) is 34.1 Å². The van der Waals surface area contributed by atoms with E-state index in [1.54, 1.807) is 13.2 Å². The van der Waals surface area contributed by atoms with Gasteiger partial charge in [-0.15, -0.1) is 0 Å². The summed E-state index contributed by atoms with van der Waals surface area (Å²) >= 11 is 0. The Morgan fingerprint density at radius 1 is 1.21 bits per heavy atom. The number of ether oxygens (including phenoxy) is 1. The fraction of sp³-hybridized carbons (Fsp3) is 0.353. The van der Waals surface area contributed by atoms with Crippen LogP contribution in [0.2, 0.25) is 0 Å². The minimum absolute atomic E-state index is 0.0194. The first-order valence-electron chi connectivity index (χ1n) is 7.62. The first-order chi connectivity index (χ1) is 11.3. The quantitative estimate of drug-likeness (QED) is 0.827. The number of benzene rings is 1. The van der Waals surface area contributed by atoms with Crippen LogP contribution in [-0.2, 0) is 16.4 Å². The van der Waals surface area contributed by atoms with Gasteiger partial charge in [0.15, 0.2) is 0 Å². The molecule has 0 aliphatic rings. The van der Waals surface area contributed by atoms with E-state index >= 15 is 0 Å². The van der Waals surface area contributed by atoms with E-state index in [1.807, 2.05) is 24.1 Å². The molecule has 2 aromatic rings. The smallest absolute Gasteiger partial charge is 0.239 e. The molecule has 7 heteroatoms. The van der Waals surface area contributed by atoms with Crippen molar-refractivity contribution in [2.45, 2.75) is 18.2 Å². The predicted octanol–water partition coefficient (Wildman–Crippen LogP) is 2.05. The number of hydrogen-bond donors (Lipinski definition) is 1. The van der Waals surface area contributed by atoms with E-state index in [9.17, 15) is 8.42 Å². The molecule has 1 aromatic heterocycles. The fourth-order valence-electron chi connectivity index (χ4n) is 2.56. The summed E-state index contributed by atoms with van der Waals surface area (Å²) in [4.78, 5) is 6.20. The van der Waals surface area contributed by atoms with Crippen molar-refractivity contribution in [1.29, 1.82) is 0 Å². The summed E-state index contributed by atoms with van der Waals surface area (Å²) in [5, 5.41) is 5.08. The maximum absolute atomic E-state index is 11.3. The van der Waals surface area contributed by atoms with Gasteiger partial charge in [0.2, 0.25) is 10.0 Å². The molecule has 1 heterocycles. The molecule has 1 aromatic carbocycles. The third-order valence-electron chi connectivity index (χ3n) is 3.77. The first kappa shape index (κ1) is 18.2. The topological polar surface area (TPSA) is 85.5 Å². The van der Waals surface area contributed by atoms with E-state index < -0.39 is 10.0 Å². The molecule has 6 nitrogen and oxygen atoms in total. The van der Waals surface area contributed by atoms with Crippen molar-refractivity contribution in [1.82, 2.24) is 4.98 Å². The Labute approximate surface area is 143 Å². The van der Waals surface area contributed by atoms with Crippen LogP contribution in [0, 0.1) is 5.92 Å². The van der Waals surface area contributed by atoms with Gasteiger partial charge in [-0.3, -0.25) is 0 Å². The lowest BCUT2D eigenvalue weighted by atomic mass is 10.0. The van der Waals surface area contributed by atoms with Gasteiger partial charge in [0.25, 0.3) is 0 Å². The molecule has 0 radical (unpaired) electrons. The van der Waals surface area contributed by atoms with Crippen molar-refractivity contribution in [2.75, 3.05) is 25.6 Å². The molecule has 0 spiro atoms. The number of anilines is 1. The third-order valence-corrected chi connectivity index (χ3v) is 4.67. The van der Waals surface area contributed by atoms with Crippen LogP contribution in [0.25, 0.3) is 0 Å². The summed E-state index contributed by atoms with van der Waals surface area (Å²) in [6.45, 7) is 2.97. The number of hydrogen-bond acceptors (Lipinski definition) is 5. The molecule has 0 saturated carbocycles. The molecule has 1 atom stereocenters. The largest absolute Gasteiger partial charge is 0.497 e. The van der Waals surface area contributed by atoms with Gasteiger partial charge in [0.1, 0.15) is 16.5 Å². The molecular weight excluding hydrogens is 326 g/mol. The number of nitrogens with zero attached hydrogens (tertiary/aromatic N) is 2. The van der Waals surface area contributed by atoms with Crippen LogP contribution in [0.1, 0.15) is 12.5 Å². The summed E-state index contributed by atoms with van der Waals surface area (Å²) in [5.74, 6) is 1.97. The Hall–Kier alpha value is -2.12. The first-order valence-corrected chi connectivity index (χ1v) is 9.17. The highest BCUT2D eigenvalue weighted by atomic mass is 32.2. The number of sulfonamides is 1. The van der Waals surface area contributed by atoms with Crippen LogP contribution in [0.15, 0.2) is 47.5 Å². The summed E-state index contributed by atoms with van der Waals surface area (Å²) in [5.41, 5.74) is 1.24. The van der Waals surface area contributed by atoms with Gasteiger partial charge < -0.3 is 9.64 Å². The molecule has 1 unspecified atom stereocenters. The third kappa shape index (κ3) is 4.94. The van der Waals surface area contributed by atoms with E-state index in [1.165, 1.54) is 17.8 Å². The summed E-state index contributed by atoms with van der Waals surface area (Å²) < 4.78 is 27.7. The highest BCUT2D eigenvalue weighted by Gasteiger charge is 2.12. The minimum Gasteiger partial charge on any atom is -0.497 e. The van der Waals surface area contributed by atoms with E-state index in [0.717, 1.165) is 18.7 Å². The molecule has 0 saturated heterocycles. The van der Waals surface area contributed by atoms with Crippen molar-refractivity contribution >= 4 is 15.8 Å².